The standard InChI is InChI=1S/C28H28O3S2/c1-32-28(33-2)16-17-31-26-15-14-24(19-25(26)28)23(18-21-6-4-3-5-7-21)13-10-20-8-11-22(12-9-20)27(29)30/h3-15,19,23H,16-18H2,1-2H3,(H,29,30)/b13-10+. The average molecular weight is 477 g/mol. The highest BCUT2D eigenvalue weighted by atomic mass is 32.2. The van der Waals surface area contributed by atoms with Crippen molar-refractivity contribution in [3.8, 4) is 5.75 Å². The Hall–Kier alpha value is -2.63. The molecule has 1 heterocycles. The summed E-state index contributed by atoms with van der Waals surface area (Å²) in [7, 11) is 0. The van der Waals surface area contributed by atoms with Crippen LogP contribution in [0.3, 0.4) is 0 Å². The molecule has 1 atom stereocenters. The van der Waals surface area contributed by atoms with Crippen molar-refractivity contribution in [1.82, 2.24) is 0 Å². The van der Waals surface area contributed by atoms with Crippen molar-refractivity contribution in [2.45, 2.75) is 22.8 Å². The van der Waals surface area contributed by atoms with E-state index in [0.717, 1.165) is 30.8 Å². The van der Waals surface area contributed by atoms with E-state index in [9.17, 15) is 4.79 Å². The highest BCUT2D eigenvalue weighted by molar-refractivity contribution is 8.16. The van der Waals surface area contributed by atoms with Gasteiger partial charge in [-0.25, -0.2) is 4.79 Å². The molecule has 170 valence electrons. The van der Waals surface area contributed by atoms with Crippen LogP contribution in [0.5, 0.6) is 5.75 Å². The molecule has 0 saturated carbocycles. The van der Waals surface area contributed by atoms with E-state index in [1.165, 1.54) is 16.7 Å². The summed E-state index contributed by atoms with van der Waals surface area (Å²) in [6, 6.07) is 24.2. The fourth-order valence-electron chi connectivity index (χ4n) is 4.27. The van der Waals surface area contributed by atoms with E-state index in [2.05, 4.69) is 67.1 Å². The van der Waals surface area contributed by atoms with Crippen LogP contribution in [0.1, 0.15) is 45.0 Å². The molecular formula is C28H28O3S2. The van der Waals surface area contributed by atoms with Gasteiger partial charge in [-0.1, -0.05) is 60.7 Å². The van der Waals surface area contributed by atoms with Crippen LogP contribution in [0.4, 0.5) is 0 Å². The molecule has 3 nitrogen and oxygen atoms in total. The first kappa shape index (κ1) is 23.5. The van der Waals surface area contributed by atoms with Gasteiger partial charge < -0.3 is 9.84 Å². The van der Waals surface area contributed by atoms with Crippen LogP contribution in [0.25, 0.3) is 6.08 Å². The number of carboxylic acid groups (broad SMARTS) is 1. The molecule has 3 aromatic rings. The van der Waals surface area contributed by atoms with Crippen LogP contribution in [0, 0.1) is 0 Å². The van der Waals surface area contributed by atoms with E-state index in [0.29, 0.717) is 5.56 Å². The number of hydrogen-bond acceptors (Lipinski definition) is 4. The third-order valence-electron chi connectivity index (χ3n) is 6.17. The van der Waals surface area contributed by atoms with E-state index in [-0.39, 0.29) is 10.00 Å². The molecule has 0 aliphatic carbocycles. The number of ether oxygens (including phenoxy) is 1. The molecule has 1 N–H and O–H groups in total. The number of benzene rings is 3. The van der Waals surface area contributed by atoms with Crippen LogP contribution < -0.4 is 4.74 Å². The number of aromatic carboxylic acids is 1. The quantitative estimate of drug-likeness (QED) is 0.352. The Morgan fingerprint density at radius 1 is 1.06 bits per heavy atom. The Labute approximate surface area is 204 Å². The second kappa shape index (κ2) is 10.5. The largest absolute Gasteiger partial charge is 0.493 e. The summed E-state index contributed by atoms with van der Waals surface area (Å²) in [5.74, 6) is 0.260. The molecule has 0 radical (unpaired) electrons. The Bertz CT molecular complexity index is 1120. The molecule has 5 heteroatoms. The second-order valence-electron chi connectivity index (χ2n) is 8.10. The van der Waals surface area contributed by atoms with Crippen molar-refractivity contribution in [3.63, 3.8) is 0 Å². The van der Waals surface area contributed by atoms with E-state index in [4.69, 9.17) is 9.84 Å². The van der Waals surface area contributed by atoms with Crippen LogP contribution in [0.15, 0.2) is 78.9 Å². The zero-order chi connectivity index (χ0) is 23.3. The summed E-state index contributed by atoms with van der Waals surface area (Å²) in [5, 5.41) is 9.15. The highest BCUT2D eigenvalue weighted by Gasteiger charge is 2.37. The zero-order valence-corrected chi connectivity index (χ0v) is 20.5. The summed E-state index contributed by atoms with van der Waals surface area (Å²) in [4.78, 5) is 11.2. The van der Waals surface area contributed by atoms with Crippen molar-refractivity contribution < 1.29 is 14.6 Å². The lowest BCUT2D eigenvalue weighted by Crippen LogP contribution is -2.26. The van der Waals surface area contributed by atoms with Crippen LogP contribution >= 0.6 is 23.5 Å². The van der Waals surface area contributed by atoms with Gasteiger partial charge in [-0.3, -0.25) is 0 Å². The molecule has 0 saturated heterocycles. The summed E-state index contributed by atoms with van der Waals surface area (Å²) in [5.41, 5.74) is 5.09. The van der Waals surface area contributed by atoms with Gasteiger partial charge in [-0.15, -0.1) is 23.5 Å². The summed E-state index contributed by atoms with van der Waals surface area (Å²) in [6.07, 6.45) is 10.6. The SMILES string of the molecule is CSC1(SC)CCOc2ccc(C(/C=C/c3ccc(C(=O)O)cc3)Cc3ccccc3)cc21. The molecule has 4 rings (SSSR count). The fourth-order valence-corrected chi connectivity index (χ4v) is 6.27. The first-order chi connectivity index (χ1) is 16.0. The van der Waals surface area contributed by atoms with Gasteiger partial charge in [0.25, 0.3) is 0 Å². The van der Waals surface area contributed by atoms with Crippen molar-refractivity contribution in [2.24, 2.45) is 0 Å². The van der Waals surface area contributed by atoms with Gasteiger partial charge in [0, 0.05) is 17.9 Å². The van der Waals surface area contributed by atoms with E-state index in [1.54, 1.807) is 12.1 Å². The fraction of sp³-hybridized carbons (Fsp3) is 0.250. The number of allylic oxidation sites excluding steroid dienone is 1. The molecule has 0 spiro atoms. The number of hydrogen-bond donors (Lipinski definition) is 1. The molecule has 0 bridgehead atoms. The lowest BCUT2D eigenvalue weighted by molar-refractivity contribution is 0.0697. The second-order valence-corrected chi connectivity index (χ2v) is 10.6. The number of carboxylic acids is 1. The first-order valence-corrected chi connectivity index (χ1v) is 13.4. The highest BCUT2D eigenvalue weighted by Crippen LogP contribution is 2.53. The molecule has 0 aromatic heterocycles. The molecule has 33 heavy (non-hydrogen) atoms. The van der Waals surface area contributed by atoms with Crippen LogP contribution in [0.2, 0.25) is 0 Å². The minimum Gasteiger partial charge on any atom is -0.493 e. The Balaban J connectivity index is 1.70. The predicted octanol–water partition coefficient (Wildman–Crippen LogP) is 7.09. The minimum absolute atomic E-state index is 0.0112. The molecule has 0 amide bonds. The van der Waals surface area contributed by atoms with Gasteiger partial charge in [0.1, 0.15) is 5.75 Å². The lowest BCUT2D eigenvalue weighted by atomic mass is 9.88. The zero-order valence-electron chi connectivity index (χ0n) is 18.9. The maximum absolute atomic E-state index is 11.2. The Kier molecular flexibility index (Phi) is 7.51. The molecule has 0 fully saturated rings. The molecular weight excluding hydrogens is 448 g/mol. The van der Waals surface area contributed by atoms with Crippen molar-refractivity contribution in [2.75, 3.05) is 19.1 Å². The molecule has 1 unspecified atom stereocenters. The van der Waals surface area contributed by atoms with Crippen LogP contribution in [-0.4, -0.2) is 30.2 Å². The summed E-state index contributed by atoms with van der Waals surface area (Å²) < 4.78 is 6.01. The maximum Gasteiger partial charge on any atom is 0.335 e. The molecule has 3 aromatic carbocycles. The van der Waals surface area contributed by atoms with E-state index >= 15 is 0 Å². The smallest absolute Gasteiger partial charge is 0.335 e. The minimum atomic E-state index is -0.908. The summed E-state index contributed by atoms with van der Waals surface area (Å²) >= 11 is 3.78. The lowest BCUT2D eigenvalue weighted by Gasteiger charge is -2.36. The first-order valence-electron chi connectivity index (χ1n) is 11.0. The number of carbonyl (C=O) groups is 1. The topological polar surface area (TPSA) is 46.5 Å². The van der Waals surface area contributed by atoms with Gasteiger partial charge in [-0.05, 0) is 59.9 Å². The maximum atomic E-state index is 11.2. The van der Waals surface area contributed by atoms with Gasteiger partial charge in [0.05, 0.1) is 16.2 Å². The van der Waals surface area contributed by atoms with E-state index in [1.807, 2.05) is 41.7 Å². The van der Waals surface area contributed by atoms with Crippen molar-refractivity contribution >= 4 is 35.6 Å². The Morgan fingerprint density at radius 2 is 1.79 bits per heavy atom. The van der Waals surface area contributed by atoms with Crippen LogP contribution in [-0.2, 0) is 10.5 Å². The number of fused-ring (bicyclic) bond motifs is 1. The predicted molar refractivity (Wildman–Crippen MR) is 141 cm³/mol. The van der Waals surface area contributed by atoms with E-state index < -0.39 is 5.97 Å². The van der Waals surface area contributed by atoms with Crippen molar-refractivity contribution in [3.05, 3.63) is 107 Å². The number of thioether (sulfide) groups is 2. The van der Waals surface area contributed by atoms with Gasteiger partial charge in [0.15, 0.2) is 0 Å². The third-order valence-corrected chi connectivity index (χ3v) is 9.33. The summed E-state index contributed by atoms with van der Waals surface area (Å²) in [6.45, 7) is 0.744. The average Bonchev–Trinajstić information content (AvgIpc) is 2.86. The van der Waals surface area contributed by atoms with Gasteiger partial charge >= 0.3 is 5.97 Å². The molecule has 1 aliphatic heterocycles. The van der Waals surface area contributed by atoms with Gasteiger partial charge in [0.2, 0.25) is 0 Å². The van der Waals surface area contributed by atoms with Gasteiger partial charge in [-0.2, -0.15) is 0 Å². The monoisotopic (exact) mass is 476 g/mol. The molecule has 1 aliphatic rings. The number of rotatable bonds is 8. The normalized spacial score (nSPS) is 15.6. The van der Waals surface area contributed by atoms with Crippen molar-refractivity contribution in [1.29, 1.82) is 0 Å². The third kappa shape index (κ3) is 5.31. The Morgan fingerprint density at radius 3 is 2.45 bits per heavy atom.